The van der Waals surface area contributed by atoms with Gasteiger partial charge in [0.05, 0.1) is 30.3 Å². The van der Waals surface area contributed by atoms with E-state index in [1.165, 1.54) is 17.4 Å². The minimum absolute atomic E-state index is 0.134. The lowest BCUT2D eigenvalue weighted by Crippen LogP contribution is -2.50. The van der Waals surface area contributed by atoms with Gasteiger partial charge in [-0.05, 0) is 61.7 Å². The number of nitrogens with zero attached hydrogens (tertiary/aromatic N) is 2. The largest absolute Gasteiger partial charge is 0.459 e. The molecular formula is C30H32N4O3. The highest BCUT2D eigenvalue weighted by Gasteiger charge is 2.54. The van der Waals surface area contributed by atoms with Crippen molar-refractivity contribution in [2.45, 2.75) is 43.9 Å². The van der Waals surface area contributed by atoms with Crippen LogP contribution in [0.15, 0.2) is 83.6 Å². The number of amides is 1. The monoisotopic (exact) mass is 496 g/mol. The molecule has 1 aliphatic carbocycles. The van der Waals surface area contributed by atoms with Gasteiger partial charge in [-0.15, -0.1) is 0 Å². The summed E-state index contributed by atoms with van der Waals surface area (Å²) in [6.45, 7) is 5.34. The molecule has 0 unspecified atom stereocenters. The van der Waals surface area contributed by atoms with E-state index in [-0.39, 0.29) is 23.5 Å². The number of hydrogen-bond donors (Lipinski definition) is 2. The fourth-order valence-electron chi connectivity index (χ4n) is 6.26. The topological polar surface area (TPSA) is 83.4 Å². The standard InChI is InChI=1S/C30H32N4O3/c1-2-36-28-27(32-29(35)25-13-8-18-37-25)23-11-6-7-12-24(23)30(28)14-16-34(17-15-30)20-22-19-31-33-26(22)21-9-4-3-5-10-21/h3-13,18-19,27-28H,2,14-17,20H2,1H3,(H,31,33)(H,32,35)/t27-,28+/m1/s1. The molecule has 4 aromatic rings. The van der Waals surface area contributed by atoms with Gasteiger partial charge >= 0.3 is 0 Å². The van der Waals surface area contributed by atoms with E-state index in [0.717, 1.165) is 49.3 Å². The van der Waals surface area contributed by atoms with E-state index in [9.17, 15) is 4.79 Å². The predicted octanol–water partition coefficient (Wildman–Crippen LogP) is 5.09. The molecule has 2 aliphatic rings. The number of H-pyrrole nitrogens is 1. The van der Waals surface area contributed by atoms with E-state index in [0.29, 0.717) is 12.4 Å². The fraction of sp³-hybridized carbons (Fsp3) is 0.333. The Labute approximate surface area is 216 Å². The van der Waals surface area contributed by atoms with E-state index in [4.69, 9.17) is 9.15 Å². The van der Waals surface area contributed by atoms with Gasteiger partial charge in [0, 0.05) is 24.1 Å². The van der Waals surface area contributed by atoms with Crippen molar-refractivity contribution < 1.29 is 13.9 Å². The first kappa shape index (κ1) is 23.7. The molecule has 7 heteroatoms. The third-order valence-electron chi connectivity index (χ3n) is 7.98. The van der Waals surface area contributed by atoms with Gasteiger partial charge in [-0.1, -0.05) is 54.6 Å². The van der Waals surface area contributed by atoms with Crippen molar-refractivity contribution >= 4 is 5.91 Å². The quantitative estimate of drug-likeness (QED) is 0.372. The highest BCUT2D eigenvalue weighted by Crippen LogP contribution is 2.52. The summed E-state index contributed by atoms with van der Waals surface area (Å²) in [6, 6.07) is 22.1. The van der Waals surface area contributed by atoms with Gasteiger partial charge in [0.25, 0.3) is 5.91 Å². The van der Waals surface area contributed by atoms with Crippen LogP contribution in [0.3, 0.4) is 0 Å². The van der Waals surface area contributed by atoms with E-state index in [2.05, 4.69) is 62.9 Å². The number of benzene rings is 2. The molecule has 7 nitrogen and oxygen atoms in total. The lowest BCUT2D eigenvalue weighted by Gasteiger charge is -2.44. The molecule has 37 heavy (non-hydrogen) atoms. The number of ether oxygens (including phenoxy) is 1. The second-order valence-electron chi connectivity index (χ2n) is 9.96. The molecule has 2 atom stereocenters. The summed E-state index contributed by atoms with van der Waals surface area (Å²) in [5.74, 6) is 0.107. The Morgan fingerprint density at radius 3 is 2.65 bits per heavy atom. The number of fused-ring (bicyclic) bond motifs is 2. The number of aromatic nitrogens is 2. The maximum atomic E-state index is 13.0. The van der Waals surface area contributed by atoms with Gasteiger partial charge in [0.15, 0.2) is 5.76 Å². The Morgan fingerprint density at radius 1 is 1.11 bits per heavy atom. The molecule has 1 saturated heterocycles. The number of carbonyl (C=O) groups excluding carboxylic acids is 1. The zero-order chi connectivity index (χ0) is 25.2. The van der Waals surface area contributed by atoms with Crippen molar-refractivity contribution in [2.75, 3.05) is 19.7 Å². The molecule has 3 heterocycles. The summed E-state index contributed by atoms with van der Waals surface area (Å²) in [5, 5.41) is 10.8. The second-order valence-corrected chi connectivity index (χ2v) is 9.96. The molecule has 1 amide bonds. The van der Waals surface area contributed by atoms with Gasteiger partial charge in [-0.3, -0.25) is 14.8 Å². The van der Waals surface area contributed by atoms with E-state index < -0.39 is 0 Å². The summed E-state index contributed by atoms with van der Waals surface area (Å²) in [5.41, 5.74) is 5.74. The molecule has 2 aromatic heterocycles. The van der Waals surface area contributed by atoms with Crippen molar-refractivity contribution in [3.8, 4) is 11.3 Å². The third-order valence-corrected chi connectivity index (χ3v) is 7.98. The first-order valence-electron chi connectivity index (χ1n) is 13.0. The smallest absolute Gasteiger partial charge is 0.287 e. The molecule has 2 aromatic carbocycles. The molecule has 1 aliphatic heterocycles. The number of hydrogen-bond acceptors (Lipinski definition) is 5. The fourth-order valence-corrected chi connectivity index (χ4v) is 6.26. The minimum atomic E-state index is -0.223. The number of rotatable bonds is 7. The lowest BCUT2D eigenvalue weighted by atomic mass is 9.71. The van der Waals surface area contributed by atoms with E-state index in [1.807, 2.05) is 25.3 Å². The zero-order valence-corrected chi connectivity index (χ0v) is 21.0. The van der Waals surface area contributed by atoms with Crippen LogP contribution in [0.2, 0.25) is 0 Å². The van der Waals surface area contributed by atoms with Crippen LogP contribution in [-0.2, 0) is 16.7 Å². The molecule has 0 saturated carbocycles. The van der Waals surface area contributed by atoms with Crippen LogP contribution >= 0.6 is 0 Å². The van der Waals surface area contributed by atoms with Crippen molar-refractivity contribution in [1.82, 2.24) is 20.4 Å². The molecule has 190 valence electrons. The predicted molar refractivity (Wildman–Crippen MR) is 141 cm³/mol. The summed E-state index contributed by atoms with van der Waals surface area (Å²) in [7, 11) is 0. The van der Waals surface area contributed by atoms with Crippen molar-refractivity contribution in [3.05, 3.63) is 102 Å². The Kier molecular flexibility index (Phi) is 6.40. The van der Waals surface area contributed by atoms with Crippen LogP contribution in [0.5, 0.6) is 0 Å². The summed E-state index contributed by atoms with van der Waals surface area (Å²) >= 11 is 0. The average molecular weight is 497 g/mol. The minimum Gasteiger partial charge on any atom is -0.459 e. The summed E-state index contributed by atoms with van der Waals surface area (Å²) < 4.78 is 11.8. The van der Waals surface area contributed by atoms with Gasteiger partial charge in [-0.2, -0.15) is 5.10 Å². The summed E-state index contributed by atoms with van der Waals surface area (Å²) in [4.78, 5) is 15.5. The molecule has 0 bridgehead atoms. The molecule has 0 radical (unpaired) electrons. The molecule has 6 rings (SSSR count). The lowest BCUT2D eigenvalue weighted by molar-refractivity contribution is -0.0336. The maximum Gasteiger partial charge on any atom is 0.287 e. The number of nitrogens with one attached hydrogen (secondary N) is 2. The van der Waals surface area contributed by atoms with Gasteiger partial charge < -0.3 is 14.5 Å². The van der Waals surface area contributed by atoms with Gasteiger partial charge in [-0.25, -0.2) is 0 Å². The number of likely N-dealkylation sites (tertiary alicyclic amines) is 1. The van der Waals surface area contributed by atoms with E-state index in [1.54, 1.807) is 12.1 Å². The van der Waals surface area contributed by atoms with Crippen LogP contribution in [0.4, 0.5) is 0 Å². The molecule has 1 fully saturated rings. The Hall–Kier alpha value is -3.68. The number of carbonyl (C=O) groups is 1. The number of piperidine rings is 1. The first-order chi connectivity index (χ1) is 18.2. The van der Waals surface area contributed by atoms with Gasteiger partial charge in [0.2, 0.25) is 0 Å². The van der Waals surface area contributed by atoms with Crippen molar-refractivity contribution in [3.63, 3.8) is 0 Å². The van der Waals surface area contributed by atoms with Crippen LogP contribution in [-0.4, -0.2) is 46.8 Å². The Balaban J connectivity index is 1.24. The first-order valence-corrected chi connectivity index (χ1v) is 13.0. The Morgan fingerprint density at radius 2 is 1.89 bits per heavy atom. The van der Waals surface area contributed by atoms with Crippen molar-refractivity contribution in [1.29, 1.82) is 0 Å². The molecular weight excluding hydrogens is 464 g/mol. The highest BCUT2D eigenvalue weighted by atomic mass is 16.5. The highest BCUT2D eigenvalue weighted by molar-refractivity contribution is 5.91. The second kappa shape index (κ2) is 10.00. The van der Waals surface area contributed by atoms with Crippen LogP contribution < -0.4 is 5.32 Å². The normalized spacial score (nSPS) is 20.7. The van der Waals surface area contributed by atoms with Crippen LogP contribution in [0.25, 0.3) is 11.3 Å². The van der Waals surface area contributed by atoms with E-state index >= 15 is 0 Å². The summed E-state index contributed by atoms with van der Waals surface area (Å²) in [6.07, 6.45) is 5.25. The SMILES string of the molecule is CCO[C@H]1[C@H](NC(=O)c2ccco2)c2ccccc2C12CCN(Cc1cn[nH]c1-c1ccccc1)CC2. The molecule has 2 N–H and O–H groups in total. The van der Waals surface area contributed by atoms with Crippen LogP contribution in [0.1, 0.15) is 53.1 Å². The maximum absolute atomic E-state index is 13.0. The van der Waals surface area contributed by atoms with Gasteiger partial charge in [0.1, 0.15) is 0 Å². The molecule has 1 spiro atoms. The van der Waals surface area contributed by atoms with Crippen molar-refractivity contribution in [2.24, 2.45) is 0 Å². The van der Waals surface area contributed by atoms with Crippen LogP contribution in [0, 0.1) is 0 Å². The number of furan rings is 1. The Bertz CT molecular complexity index is 1340. The third kappa shape index (κ3) is 4.28. The average Bonchev–Trinajstić information content (AvgIpc) is 3.68. The number of aromatic amines is 1. The zero-order valence-electron chi connectivity index (χ0n) is 21.0.